The van der Waals surface area contributed by atoms with E-state index < -0.39 is 17.5 Å². The Bertz CT molecular complexity index is 1060. The molecule has 2 aromatic carbocycles. The van der Waals surface area contributed by atoms with Crippen molar-refractivity contribution in [2.24, 2.45) is 0 Å². The van der Waals surface area contributed by atoms with E-state index in [2.05, 4.69) is 14.9 Å². The standard InChI is InChI=1S/C23H26N4O3S/c1-15-9-8-10-16(13-15)27(22(29)18-14-31-26-25-18)20(21(28)24-23(2,3)4)17-11-6-7-12-19(17)30-5/h6-14,20H,1-5H3,(H,24,28)/t20-/m0/s1. The van der Waals surface area contributed by atoms with Crippen molar-refractivity contribution in [1.82, 2.24) is 14.9 Å². The van der Waals surface area contributed by atoms with Crippen molar-refractivity contribution in [3.8, 4) is 5.75 Å². The van der Waals surface area contributed by atoms with E-state index >= 15 is 0 Å². The molecule has 162 valence electrons. The van der Waals surface area contributed by atoms with Gasteiger partial charge in [-0.25, -0.2) is 0 Å². The lowest BCUT2D eigenvalue weighted by Gasteiger charge is -2.34. The predicted molar refractivity (Wildman–Crippen MR) is 122 cm³/mol. The van der Waals surface area contributed by atoms with Crippen LogP contribution in [-0.4, -0.2) is 34.1 Å². The normalized spacial score (nSPS) is 12.2. The molecule has 0 aliphatic rings. The van der Waals surface area contributed by atoms with E-state index in [1.807, 2.05) is 58.0 Å². The molecule has 0 saturated heterocycles. The summed E-state index contributed by atoms with van der Waals surface area (Å²) in [4.78, 5) is 28.7. The fourth-order valence-corrected chi connectivity index (χ4v) is 3.70. The van der Waals surface area contributed by atoms with Crippen LogP contribution in [0.25, 0.3) is 0 Å². The summed E-state index contributed by atoms with van der Waals surface area (Å²) < 4.78 is 9.37. The van der Waals surface area contributed by atoms with E-state index in [0.29, 0.717) is 17.0 Å². The van der Waals surface area contributed by atoms with Crippen molar-refractivity contribution in [2.75, 3.05) is 12.0 Å². The molecular formula is C23H26N4O3S. The average molecular weight is 439 g/mol. The van der Waals surface area contributed by atoms with Gasteiger partial charge in [0.25, 0.3) is 5.91 Å². The summed E-state index contributed by atoms with van der Waals surface area (Å²) in [5.74, 6) is -0.229. The number of aromatic nitrogens is 2. The van der Waals surface area contributed by atoms with Crippen LogP contribution >= 0.6 is 11.5 Å². The largest absolute Gasteiger partial charge is 0.496 e. The third-order valence-corrected chi connectivity index (χ3v) is 5.02. The number of para-hydroxylation sites is 1. The van der Waals surface area contributed by atoms with Gasteiger partial charge in [0.15, 0.2) is 5.69 Å². The van der Waals surface area contributed by atoms with Crippen LogP contribution in [0.4, 0.5) is 5.69 Å². The molecule has 0 saturated carbocycles. The van der Waals surface area contributed by atoms with E-state index in [4.69, 9.17) is 4.74 Å². The molecule has 7 nitrogen and oxygen atoms in total. The van der Waals surface area contributed by atoms with E-state index in [1.54, 1.807) is 30.7 Å². The second-order valence-corrected chi connectivity index (χ2v) is 8.80. The number of ether oxygens (including phenoxy) is 1. The maximum Gasteiger partial charge on any atom is 0.280 e. The minimum atomic E-state index is -0.980. The summed E-state index contributed by atoms with van der Waals surface area (Å²) in [6, 6.07) is 13.7. The van der Waals surface area contributed by atoms with Crippen molar-refractivity contribution >= 4 is 29.0 Å². The lowest BCUT2D eigenvalue weighted by Crippen LogP contribution is -2.49. The number of aryl methyl sites for hydroxylation is 1. The first-order valence-electron chi connectivity index (χ1n) is 9.83. The Morgan fingerprint density at radius 2 is 1.87 bits per heavy atom. The second-order valence-electron chi connectivity index (χ2n) is 8.19. The zero-order chi connectivity index (χ0) is 22.6. The van der Waals surface area contributed by atoms with Crippen LogP contribution in [0, 0.1) is 6.92 Å². The Balaban J connectivity index is 2.23. The fraction of sp³-hybridized carbons (Fsp3) is 0.304. The zero-order valence-corrected chi connectivity index (χ0v) is 19.1. The molecule has 0 spiro atoms. The van der Waals surface area contributed by atoms with E-state index in [1.165, 1.54) is 4.90 Å². The predicted octanol–water partition coefficient (Wildman–Crippen LogP) is 4.16. The van der Waals surface area contributed by atoms with Gasteiger partial charge in [-0.3, -0.25) is 14.5 Å². The molecule has 0 aliphatic heterocycles. The zero-order valence-electron chi connectivity index (χ0n) is 18.2. The molecule has 0 radical (unpaired) electrons. The van der Waals surface area contributed by atoms with Gasteiger partial charge < -0.3 is 10.1 Å². The van der Waals surface area contributed by atoms with Crippen molar-refractivity contribution in [3.63, 3.8) is 0 Å². The third kappa shape index (κ3) is 5.27. The van der Waals surface area contributed by atoms with Gasteiger partial charge in [0.2, 0.25) is 5.91 Å². The fourth-order valence-electron chi connectivity index (χ4n) is 3.27. The van der Waals surface area contributed by atoms with Crippen LogP contribution in [0.1, 0.15) is 48.4 Å². The lowest BCUT2D eigenvalue weighted by atomic mass is 9.99. The average Bonchev–Trinajstić information content (AvgIpc) is 3.25. The molecule has 1 N–H and O–H groups in total. The summed E-state index contributed by atoms with van der Waals surface area (Å²) >= 11 is 1.08. The Morgan fingerprint density at radius 1 is 1.13 bits per heavy atom. The number of carbonyl (C=O) groups excluding carboxylic acids is 2. The van der Waals surface area contributed by atoms with Gasteiger partial charge in [-0.1, -0.05) is 34.8 Å². The molecule has 0 bridgehead atoms. The summed E-state index contributed by atoms with van der Waals surface area (Å²) in [6.07, 6.45) is 0. The Hall–Kier alpha value is -3.26. The molecular weight excluding hydrogens is 412 g/mol. The number of nitrogens with one attached hydrogen (secondary N) is 1. The van der Waals surface area contributed by atoms with E-state index in [9.17, 15) is 9.59 Å². The molecule has 1 aromatic heterocycles. The molecule has 1 heterocycles. The van der Waals surface area contributed by atoms with Gasteiger partial charge in [0.1, 0.15) is 11.8 Å². The van der Waals surface area contributed by atoms with Crippen molar-refractivity contribution in [1.29, 1.82) is 0 Å². The first-order chi connectivity index (χ1) is 14.7. The van der Waals surface area contributed by atoms with Crippen LogP contribution < -0.4 is 15.0 Å². The number of methoxy groups -OCH3 is 1. The number of rotatable bonds is 6. The summed E-state index contributed by atoms with van der Waals surface area (Å²) in [5.41, 5.74) is 1.79. The first-order valence-corrected chi connectivity index (χ1v) is 10.7. The number of nitrogens with zero attached hydrogens (tertiary/aromatic N) is 3. The van der Waals surface area contributed by atoms with Crippen molar-refractivity contribution < 1.29 is 14.3 Å². The third-order valence-electron chi connectivity index (χ3n) is 4.52. The number of amides is 2. The second kappa shape index (κ2) is 9.26. The minimum Gasteiger partial charge on any atom is -0.496 e. The molecule has 0 unspecified atom stereocenters. The maximum atomic E-state index is 13.6. The molecule has 8 heteroatoms. The number of anilines is 1. The SMILES string of the molecule is COc1ccccc1[C@@H](C(=O)NC(C)(C)C)N(C(=O)c1csnn1)c1cccc(C)c1. The molecule has 0 fully saturated rings. The van der Waals surface area contributed by atoms with Gasteiger partial charge >= 0.3 is 0 Å². The summed E-state index contributed by atoms with van der Waals surface area (Å²) in [5, 5.41) is 8.54. The Labute approximate surface area is 186 Å². The van der Waals surface area contributed by atoms with E-state index in [-0.39, 0.29) is 11.6 Å². The smallest absolute Gasteiger partial charge is 0.280 e. The highest BCUT2D eigenvalue weighted by molar-refractivity contribution is 7.03. The van der Waals surface area contributed by atoms with Gasteiger partial charge in [0.05, 0.1) is 7.11 Å². The van der Waals surface area contributed by atoms with Gasteiger partial charge in [-0.2, -0.15) is 0 Å². The van der Waals surface area contributed by atoms with Crippen LogP contribution in [0.15, 0.2) is 53.9 Å². The quantitative estimate of drug-likeness (QED) is 0.625. The van der Waals surface area contributed by atoms with Crippen LogP contribution in [0.2, 0.25) is 0 Å². The highest BCUT2D eigenvalue weighted by Gasteiger charge is 2.37. The molecule has 0 aliphatic carbocycles. The molecule has 31 heavy (non-hydrogen) atoms. The minimum absolute atomic E-state index is 0.176. The topological polar surface area (TPSA) is 84.4 Å². The highest BCUT2D eigenvalue weighted by atomic mass is 32.1. The Morgan fingerprint density at radius 3 is 2.48 bits per heavy atom. The monoisotopic (exact) mass is 438 g/mol. The van der Waals surface area contributed by atoms with E-state index in [0.717, 1.165) is 17.1 Å². The highest BCUT2D eigenvalue weighted by Crippen LogP contribution is 2.35. The summed E-state index contributed by atoms with van der Waals surface area (Å²) in [6.45, 7) is 7.62. The summed E-state index contributed by atoms with van der Waals surface area (Å²) in [7, 11) is 1.54. The number of hydrogen-bond acceptors (Lipinski definition) is 6. The van der Waals surface area contributed by atoms with Crippen LogP contribution in [0.3, 0.4) is 0 Å². The van der Waals surface area contributed by atoms with Crippen molar-refractivity contribution in [3.05, 3.63) is 70.7 Å². The number of benzene rings is 2. The van der Waals surface area contributed by atoms with Crippen LogP contribution in [-0.2, 0) is 4.79 Å². The van der Waals surface area contributed by atoms with Gasteiger partial charge in [-0.15, -0.1) is 5.10 Å². The lowest BCUT2D eigenvalue weighted by molar-refractivity contribution is -0.123. The Kier molecular flexibility index (Phi) is 6.70. The molecule has 3 rings (SSSR count). The number of hydrogen-bond donors (Lipinski definition) is 1. The number of carbonyl (C=O) groups is 2. The molecule has 3 aromatic rings. The van der Waals surface area contributed by atoms with Gasteiger partial charge in [0, 0.05) is 22.2 Å². The molecule has 1 atom stereocenters. The van der Waals surface area contributed by atoms with Gasteiger partial charge in [-0.05, 0) is 63.0 Å². The van der Waals surface area contributed by atoms with Crippen LogP contribution in [0.5, 0.6) is 5.75 Å². The molecule has 2 amide bonds. The van der Waals surface area contributed by atoms with Crippen molar-refractivity contribution in [2.45, 2.75) is 39.3 Å². The first kappa shape index (κ1) is 22.4. The maximum absolute atomic E-state index is 13.6.